The van der Waals surface area contributed by atoms with Gasteiger partial charge in [0.2, 0.25) is 0 Å². The number of phenols is 1. The highest BCUT2D eigenvalue weighted by atomic mass is 32.2. The lowest BCUT2D eigenvalue weighted by Gasteiger charge is -2.53. The number of nitrogens with zero attached hydrogens (tertiary/aromatic N) is 2. The third-order valence-corrected chi connectivity index (χ3v) is 7.70. The summed E-state index contributed by atoms with van der Waals surface area (Å²) in [6.45, 7) is 4.22. The van der Waals surface area contributed by atoms with Gasteiger partial charge in [0.15, 0.2) is 0 Å². The van der Waals surface area contributed by atoms with Crippen LogP contribution in [-0.2, 0) is 16.7 Å². The Hall–Kier alpha value is -1.57. The maximum absolute atomic E-state index is 12.3. The van der Waals surface area contributed by atoms with Gasteiger partial charge in [0, 0.05) is 36.1 Å². The molecule has 0 radical (unpaired) electrons. The molecule has 1 aliphatic carbocycles. The van der Waals surface area contributed by atoms with Crippen LogP contribution in [0.5, 0.6) is 5.75 Å². The molecule has 5 atom stereocenters. The van der Waals surface area contributed by atoms with Gasteiger partial charge in [0.05, 0.1) is 5.52 Å². The first-order valence-corrected chi connectivity index (χ1v) is 10.9. The van der Waals surface area contributed by atoms with Gasteiger partial charge in [-0.25, -0.2) is 3.97 Å². The molecule has 6 rings (SSSR count). The Bertz CT molecular complexity index is 997. The molecule has 26 heavy (non-hydrogen) atoms. The number of rotatable bonds is 2. The fraction of sp³-hybridized carbons (Fsp3) is 0.579. The van der Waals surface area contributed by atoms with Gasteiger partial charge in [-0.3, -0.25) is 9.45 Å². The second kappa shape index (κ2) is 5.47. The molecule has 3 fully saturated rings. The summed E-state index contributed by atoms with van der Waals surface area (Å²) in [6, 6.07) is 5.06. The van der Waals surface area contributed by atoms with E-state index < -0.39 is 10.3 Å². The number of hydrogen-bond donors (Lipinski definition) is 2. The number of aromatic nitrogens is 1. The zero-order chi connectivity index (χ0) is 18.2. The number of phenolic OH excluding ortho intramolecular Hbond substituents is 1. The Morgan fingerprint density at radius 2 is 2.08 bits per heavy atom. The first-order valence-electron chi connectivity index (χ1n) is 9.46. The monoisotopic (exact) mass is 376 g/mol. The van der Waals surface area contributed by atoms with E-state index in [1.165, 1.54) is 12.5 Å². The molecule has 0 amide bonds. The molecule has 4 heterocycles. The molecule has 7 heteroatoms. The lowest BCUT2D eigenvalue weighted by atomic mass is 9.65. The number of piperidine rings is 2. The zero-order valence-electron chi connectivity index (χ0n) is 14.8. The average Bonchev–Trinajstić information content (AvgIpc) is 2.87. The van der Waals surface area contributed by atoms with E-state index in [1.54, 1.807) is 12.1 Å². The summed E-state index contributed by atoms with van der Waals surface area (Å²) in [4.78, 5) is 2.54. The van der Waals surface area contributed by atoms with E-state index in [4.69, 9.17) is 0 Å². The predicted octanol–water partition coefficient (Wildman–Crippen LogP) is 2.76. The minimum Gasteiger partial charge on any atom is -0.508 e. The van der Waals surface area contributed by atoms with Crippen LogP contribution < -0.4 is 0 Å². The number of hydrogen-bond acceptors (Lipinski definition) is 4. The maximum Gasteiger partial charge on any atom is 0.364 e. The Labute approximate surface area is 153 Å². The van der Waals surface area contributed by atoms with Gasteiger partial charge in [-0.05, 0) is 54.9 Å². The van der Waals surface area contributed by atoms with Crippen LogP contribution in [0.2, 0.25) is 0 Å². The summed E-state index contributed by atoms with van der Waals surface area (Å²) in [6.07, 6.45) is 4.03. The Morgan fingerprint density at radius 3 is 2.81 bits per heavy atom. The highest BCUT2D eigenvalue weighted by Gasteiger charge is 2.50. The van der Waals surface area contributed by atoms with E-state index in [9.17, 15) is 18.1 Å². The van der Waals surface area contributed by atoms with Crippen molar-refractivity contribution in [3.63, 3.8) is 0 Å². The van der Waals surface area contributed by atoms with Crippen molar-refractivity contribution in [2.24, 2.45) is 11.8 Å². The van der Waals surface area contributed by atoms with Gasteiger partial charge in [-0.2, -0.15) is 8.42 Å². The number of aromatic hydroxyl groups is 1. The van der Waals surface area contributed by atoms with E-state index >= 15 is 0 Å². The van der Waals surface area contributed by atoms with Crippen molar-refractivity contribution in [3.05, 3.63) is 29.5 Å². The van der Waals surface area contributed by atoms with Crippen LogP contribution in [0.15, 0.2) is 18.2 Å². The zero-order valence-corrected chi connectivity index (χ0v) is 15.6. The standard InChI is InChI=1S/C19H24N2O4S/c1-2-12-7-11-8-16-18(12)20(10-11)6-5-14-15-9-13(22)3-4-17(15)21(19(14)16)26(23,24)25/h3-4,9,11-12,16,18,22H,2,5-8,10H2,1H3,(H,23,24,25)/t11-,12-,16+,18?/m0/s1. The average molecular weight is 376 g/mol. The minimum atomic E-state index is -4.42. The fourth-order valence-corrected chi connectivity index (χ4v) is 6.94. The molecule has 2 unspecified atom stereocenters. The molecule has 2 N–H and O–H groups in total. The van der Waals surface area contributed by atoms with E-state index in [1.807, 2.05) is 0 Å². The summed E-state index contributed by atoms with van der Waals surface area (Å²) < 4.78 is 35.9. The molecule has 4 bridgehead atoms. The molecule has 1 saturated carbocycles. The van der Waals surface area contributed by atoms with Crippen molar-refractivity contribution in [2.75, 3.05) is 13.1 Å². The quantitative estimate of drug-likeness (QED) is 0.788. The molecule has 6 nitrogen and oxygen atoms in total. The lowest BCUT2D eigenvalue weighted by Crippen LogP contribution is -2.56. The van der Waals surface area contributed by atoms with E-state index in [0.717, 1.165) is 53.0 Å². The van der Waals surface area contributed by atoms with Crippen LogP contribution in [0.25, 0.3) is 10.9 Å². The van der Waals surface area contributed by atoms with Crippen LogP contribution in [0.4, 0.5) is 0 Å². The van der Waals surface area contributed by atoms with Crippen molar-refractivity contribution in [2.45, 2.75) is 44.6 Å². The fourth-order valence-electron chi connectivity index (χ4n) is 6.04. The van der Waals surface area contributed by atoms with Gasteiger partial charge in [-0.15, -0.1) is 0 Å². The highest BCUT2D eigenvalue weighted by molar-refractivity contribution is 7.84. The normalized spacial score (nSPS) is 33.2. The molecule has 4 aliphatic rings. The molecular weight excluding hydrogens is 352 g/mol. The van der Waals surface area contributed by atoms with Crippen molar-refractivity contribution in [3.8, 4) is 5.75 Å². The second-order valence-corrected chi connectivity index (χ2v) is 9.42. The van der Waals surface area contributed by atoms with Crippen LogP contribution in [0.3, 0.4) is 0 Å². The van der Waals surface area contributed by atoms with E-state index in [0.29, 0.717) is 23.4 Å². The van der Waals surface area contributed by atoms with Crippen LogP contribution in [0.1, 0.15) is 43.4 Å². The predicted molar refractivity (Wildman–Crippen MR) is 98.9 cm³/mol. The topological polar surface area (TPSA) is 82.8 Å². The van der Waals surface area contributed by atoms with Gasteiger partial charge in [0.25, 0.3) is 0 Å². The third kappa shape index (κ3) is 2.20. The van der Waals surface area contributed by atoms with Crippen molar-refractivity contribution in [1.82, 2.24) is 8.87 Å². The third-order valence-electron chi connectivity index (χ3n) is 6.84. The maximum atomic E-state index is 12.3. The molecule has 2 saturated heterocycles. The minimum absolute atomic E-state index is 0.112. The second-order valence-electron chi connectivity index (χ2n) is 8.16. The largest absolute Gasteiger partial charge is 0.508 e. The van der Waals surface area contributed by atoms with E-state index in [-0.39, 0.29) is 11.7 Å². The molecule has 140 valence electrons. The van der Waals surface area contributed by atoms with Crippen LogP contribution in [0, 0.1) is 11.8 Å². The molecule has 3 aliphatic heterocycles. The van der Waals surface area contributed by atoms with Crippen molar-refractivity contribution < 1.29 is 18.1 Å². The molecular formula is C19H24N2O4S. The Kier molecular flexibility index (Phi) is 3.49. The molecule has 1 aromatic heterocycles. The molecule has 0 spiro atoms. The van der Waals surface area contributed by atoms with Gasteiger partial charge >= 0.3 is 10.3 Å². The SMILES string of the molecule is CC[C@H]1C[C@H]2C[C@H]3c4c(c5cc(O)ccc5n4S(=O)(=O)O)CCN(C2)C13. The van der Waals surface area contributed by atoms with Gasteiger partial charge in [-0.1, -0.05) is 13.3 Å². The first kappa shape index (κ1) is 16.6. The number of fused-ring (bicyclic) bond motifs is 4. The highest BCUT2D eigenvalue weighted by Crippen LogP contribution is 2.52. The molecule has 2 aromatic rings. The lowest BCUT2D eigenvalue weighted by molar-refractivity contribution is -0.0137. The summed E-state index contributed by atoms with van der Waals surface area (Å²) >= 11 is 0. The van der Waals surface area contributed by atoms with Gasteiger partial charge < -0.3 is 5.11 Å². The summed E-state index contributed by atoms with van der Waals surface area (Å²) in [5, 5.41) is 10.7. The van der Waals surface area contributed by atoms with Crippen LogP contribution in [-0.4, -0.2) is 46.1 Å². The first-order chi connectivity index (χ1) is 12.4. The van der Waals surface area contributed by atoms with E-state index in [2.05, 4.69) is 11.8 Å². The van der Waals surface area contributed by atoms with Gasteiger partial charge in [0.1, 0.15) is 5.75 Å². The summed E-state index contributed by atoms with van der Waals surface area (Å²) in [7, 11) is -4.42. The Balaban J connectivity index is 1.82. The Morgan fingerprint density at radius 1 is 1.27 bits per heavy atom. The van der Waals surface area contributed by atoms with Crippen molar-refractivity contribution >= 4 is 21.2 Å². The number of benzene rings is 1. The summed E-state index contributed by atoms with van der Waals surface area (Å²) in [5.74, 6) is 1.39. The molecule has 1 aromatic carbocycles. The van der Waals surface area contributed by atoms with Crippen LogP contribution >= 0.6 is 0 Å². The van der Waals surface area contributed by atoms with Crippen molar-refractivity contribution in [1.29, 1.82) is 0 Å². The smallest absolute Gasteiger partial charge is 0.364 e. The summed E-state index contributed by atoms with van der Waals surface area (Å²) in [5.41, 5.74) is 2.20.